The molecule has 0 saturated carbocycles. The number of hydrogen-bond donors (Lipinski definition) is 2. The molecule has 0 aliphatic carbocycles. The molecule has 2 aliphatic rings. The van der Waals surface area contributed by atoms with Gasteiger partial charge in [-0.2, -0.15) is 0 Å². The van der Waals surface area contributed by atoms with E-state index in [9.17, 15) is 19.8 Å². The predicted molar refractivity (Wildman–Crippen MR) is 127 cm³/mol. The van der Waals surface area contributed by atoms with Crippen molar-refractivity contribution in [1.82, 2.24) is 9.80 Å². The minimum atomic E-state index is -0.804. The minimum Gasteiger partial charge on any atom is -0.507 e. The number of aliphatic hydroxyl groups excluding tert-OH is 1. The van der Waals surface area contributed by atoms with Crippen LogP contribution in [-0.2, 0) is 14.3 Å². The number of amides is 1. The molecule has 1 atom stereocenters. The molecular formula is C26H30N2O6. The number of aliphatic hydroxyl groups is 1. The lowest BCUT2D eigenvalue weighted by molar-refractivity contribution is -0.140. The lowest BCUT2D eigenvalue weighted by atomic mass is 9.94. The number of nitrogens with zero attached hydrogens (tertiary/aromatic N) is 2. The molecule has 2 aromatic carbocycles. The number of aryl methyl sites for hydroxylation is 1. The SMILES string of the molecule is CCOc1cc([C@@H]2C(=C(O)c3ccc(C)cc3)C(=O)C(=O)N2CCN2CCOCC2)ccc1O. The van der Waals surface area contributed by atoms with Crippen LogP contribution in [0.5, 0.6) is 11.5 Å². The highest BCUT2D eigenvalue weighted by Crippen LogP contribution is 2.41. The molecule has 34 heavy (non-hydrogen) atoms. The molecule has 0 bridgehead atoms. The van der Waals surface area contributed by atoms with Gasteiger partial charge >= 0.3 is 0 Å². The highest BCUT2D eigenvalue weighted by atomic mass is 16.5. The summed E-state index contributed by atoms with van der Waals surface area (Å²) in [7, 11) is 0. The van der Waals surface area contributed by atoms with Crippen LogP contribution in [0.2, 0.25) is 0 Å². The van der Waals surface area contributed by atoms with Crippen LogP contribution in [0.25, 0.3) is 5.76 Å². The van der Waals surface area contributed by atoms with E-state index in [1.807, 2.05) is 19.1 Å². The molecule has 2 heterocycles. The maximum Gasteiger partial charge on any atom is 0.295 e. The number of phenolic OH excluding ortho intramolecular Hbond substituents is 1. The Balaban J connectivity index is 1.76. The first kappa shape index (κ1) is 23.8. The number of carbonyl (C=O) groups excluding carboxylic acids is 2. The average molecular weight is 467 g/mol. The Hall–Kier alpha value is -3.36. The van der Waals surface area contributed by atoms with Gasteiger partial charge in [-0.1, -0.05) is 35.9 Å². The van der Waals surface area contributed by atoms with E-state index >= 15 is 0 Å². The van der Waals surface area contributed by atoms with E-state index in [-0.39, 0.29) is 22.8 Å². The highest BCUT2D eigenvalue weighted by Gasteiger charge is 2.46. The zero-order valence-corrected chi connectivity index (χ0v) is 19.5. The monoisotopic (exact) mass is 466 g/mol. The number of carbonyl (C=O) groups is 2. The molecule has 2 fully saturated rings. The fraction of sp³-hybridized carbons (Fsp3) is 0.385. The Bertz CT molecular complexity index is 1090. The van der Waals surface area contributed by atoms with E-state index in [1.165, 1.54) is 11.0 Å². The molecule has 8 heteroatoms. The highest BCUT2D eigenvalue weighted by molar-refractivity contribution is 6.46. The van der Waals surface area contributed by atoms with Crippen LogP contribution in [-0.4, -0.2) is 77.7 Å². The van der Waals surface area contributed by atoms with Gasteiger partial charge in [0.05, 0.1) is 31.4 Å². The van der Waals surface area contributed by atoms with E-state index in [2.05, 4.69) is 4.90 Å². The first-order valence-electron chi connectivity index (χ1n) is 11.5. The fourth-order valence-electron chi connectivity index (χ4n) is 4.37. The Morgan fingerprint density at radius 3 is 2.47 bits per heavy atom. The van der Waals surface area contributed by atoms with Crippen molar-refractivity contribution in [3.8, 4) is 11.5 Å². The lowest BCUT2D eigenvalue weighted by Gasteiger charge is -2.31. The molecule has 2 aliphatic heterocycles. The largest absolute Gasteiger partial charge is 0.507 e. The molecule has 2 saturated heterocycles. The quantitative estimate of drug-likeness (QED) is 0.368. The summed E-state index contributed by atoms with van der Waals surface area (Å²) in [4.78, 5) is 30.0. The van der Waals surface area contributed by atoms with Crippen molar-refractivity contribution < 1.29 is 29.3 Å². The summed E-state index contributed by atoms with van der Waals surface area (Å²) < 4.78 is 10.9. The first-order chi connectivity index (χ1) is 16.4. The van der Waals surface area contributed by atoms with Crippen LogP contribution in [0.15, 0.2) is 48.0 Å². The minimum absolute atomic E-state index is 0.0315. The van der Waals surface area contributed by atoms with Crippen LogP contribution < -0.4 is 4.74 Å². The first-order valence-corrected chi connectivity index (χ1v) is 11.5. The van der Waals surface area contributed by atoms with Crippen molar-refractivity contribution in [2.24, 2.45) is 0 Å². The van der Waals surface area contributed by atoms with Crippen LogP contribution in [0.4, 0.5) is 0 Å². The summed E-state index contributed by atoms with van der Waals surface area (Å²) in [5.74, 6) is -1.37. The van der Waals surface area contributed by atoms with Crippen LogP contribution in [0.3, 0.4) is 0 Å². The van der Waals surface area contributed by atoms with Crippen molar-refractivity contribution >= 4 is 17.4 Å². The Morgan fingerprint density at radius 2 is 1.79 bits per heavy atom. The smallest absolute Gasteiger partial charge is 0.295 e. The number of ketones is 1. The predicted octanol–water partition coefficient (Wildman–Crippen LogP) is 2.85. The molecule has 8 nitrogen and oxygen atoms in total. The van der Waals surface area contributed by atoms with Gasteiger partial charge in [-0.25, -0.2) is 0 Å². The van der Waals surface area contributed by atoms with Gasteiger partial charge in [0, 0.05) is 31.7 Å². The number of hydrogen-bond acceptors (Lipinski definition) is 7. The Kier molecular flexibility index (Phi) is 7.19. The van der Waals surface area contributed by atoms with Crippen molar-refractivity contribution in [1.29, 1.82) is 0 Å². The van der Waals surface area contributed by atoms with Gasteiger partial charge in [0.2, 0.25) is 0 Å². The topological polar surface area (TPSA) is 99.5 Å². The Morgan fingerprint density at radius 1 is 1.09 bits per heavy atom. The molecule has 0 unspecified atom stereocenters. The molecule has 0 aromatic heterocycles. The second kappa shape index (κ2) is 10.3. The number of ether oxygens (including phenoxy) is 2. The summed E-state index contributed by atoms with van der Waals surface area (Å²) in [5, 5.41) is 21.3. The van der Waals surface area contributed by atoms with Crippen molar-refractivity contribution in [2.45, 2.75) is 19.9 Å². The number of Topliss-reactive ketones (excluding diaryl/α,β-unsaturated/α-hetero) is 1. The molecule has 0 radical (unpaired) electrons. The summed E-state index contributed by atoms with van der Waals surface area (Å²) >= 11 is 0. The number of benzene rings is 2. The van der Waals surface area contributed by atoms with Crippen molar-refractivity contribution in [3.63, 3.8) is 0 Å². The third-order valence-electron chi connectivity index (χ3n) is 6.23. The summed E-state index contributed by atoms with van der Waals surface area (Å²) in [5.41, 5.74) is 2.09. The van der Waals surface area contributed by atoms with E-state index in [0.29, 0.717) is 44.0 Å². The normalized spacial score (nSPS) is 20.6. The number of morpholine rings is 1. The van der Waals surface area contributed by atoms with Gasteiger partial charge in [-0.3, -0.25) is 14.5 Å². The molecular weight excluding hydrogens is 436 g/mol. The molecule has 0 spiro atoms. The summed E-state index contributed by atoms with van der Waals surface area (Å²) in [6, 6.07) is 11.1. The summed E-state index contributed by atoms with van der Waals surface area (Å²) in [6.07, 6.45) is 0. The maximum atomic E-state index is 13.2. The second-order valence-electron chi connectivity index (χ2n) is 8.47. The van der Waals surface area contributed by atoms with Crippen LogP contribution in [0.1, 0.15) is 29.7 Å². The molecule has 2 N–H and O–H groups in total. The van der Waals surface area contributed by atoms with Gasteiger partial charge in [-0.05, 0) is 31.5 Å². The standard InChI is InChI=1S/C26H30N2O6/c1-3-34-21-16-19(8-9-20(21)29)23-22(24(30)18-6-4-17(2)5-7-18)25(31)26(32)28(23)11-10-27-12-14-33-15-13-27/h4-9,16,23,29-30H,3,10-15H2,1-2H3/t23-/m1/s1. The van der Waals surface area contributed by atoms with E-state index in [4.69, 9.17) is 9.47 Å². The van der Waals surface area contributed by atoms with Gasteiger partial charge in [-0.15, -0.1) is 0 Å². The molecule has 1 amide bonds. The van der Waals surface area contributed by atoms with Crippen LogP contribution in [0, 0.1) is 6.92 Å². The zero-order chi connectivity index (χ0) is 24.2. The van der Waals surface area contributed by atoms with E-state index in [0.717, 1.165) is 18.7 Å². The number of phenols is 1. The number of aromatic hydroxyl groups is 1. The molecule has 180 valence electrons. The van der Waals surface area contributed by atoms with E-state index in [1.54, 1.807) is 31.2 Å². The number of rotatable bonds is 7. The average Bonchev–Trinajstić information content (AvgIpc) is 3.10. The van der Waals surface area contributed by atoms with Crippen molar-refractivity contribution in [2.75, 3.05) is 46.0 Å². The third-order valence-corrected chi connectivity index (χ3v) is 6.23. The van der Waals surface area contributed by atoms with Crippen LogP contribution >= 0.6 is 0 Å². The second-order valence-corrected chi connectivity index (χ2v) is 8.47. The van der Waals surface area contributed by atoms with Gasteiger partial charge in [0.15, 0.2) is 11.5 Å². The Labute approximate surface area is 199 Å². The summed E-state index contributed by atoms with van der Waals surface area (Å²) in [6.45, 7) is 7.74. The van der Waals surface area contributed by atoms with Gasteiger partial charge in [0.1, 0.15) is 5.76 Å². The van der Waals surface area contributed by atoms with E-state index < -0.39 is 17.7 Å². The van der Waals surface area contributed by atoms with Gasteiger partial charge in [0.25, 0.3) is 11.7 Å². The fourth-order valence-corrected chi connectivity index (χ4v) is 4.37. The molecule has 2 aromatic rings. The number of likely N-dealkylation sites (tertiary alicyclic amines) is 1. The molecule has 4 rings (SSSR count). The lowest BCUT2D eigenvalue weighted by Crippen LogP contribution is -2.42. The third kappa shape index (κ3) is 4.78. The van der Waals surface area contributed by atoms with Gasteiger partial charge < -0.3 is 24.6 Å². The zero-order valence-electron chi connectivity index (χ0n) is 19.5. The maximum absolute atomic E-state index is 13.2. The van der Waals surface area contributed by atoms with Crippen molar-refractivity contribution in [3.05, 3.63) is 64.7 Å².